The molecule has 0 aromatic heterocycles. The molecule has 2 aromatic carbocycles. The second-order valence-corrected chi connectivity index (χ2v) is 4.10. The van der Waals surface area contributed by atoms with Gasteiger partial charge in [0.2, 0.25) is 0 Å². The summed E-state index contributed by atoms with van der Waals surface area (Å²) >= 11 is 0. The third-order valence-corrected chi connectivity index (χ3v) is 2.81. The van der Waals surface area contributed by atoms with Crippen LogP contribution in [0, 0.1) is 11.3 Å². The van der Waals surface area contributed by atoms with Crippen molar-refractivity contribution in [3.8, 4) is 11.8 Å². The Bertz CT molecular complexity index is 686. The molecule has 0 saturated heterocycles. The van der Waals surface area contributed by atoms with Gasteiger partial charge in [0.25, 0.3) is 0 Å². The lowest BCUT2D eigenvalue weighted by Gasteiger charge is -2.20. The first kappa shape index (κ1) is 11.3. The molecule has 2 aromatic rings. The van der Waals surface area contributed by atoms with Crippen molar-refractivity contribution >= 4 is 17.2 Å². The van der Waals surface area contributed by atoms with Gasteiger partial charge in [0, 0.05) is 0 Å². The van der Waals surface area contributed by atoms with Crippen LogP contribution in [0.5, 0.6) is 5.75 Å². The Morgan fingerprint density at radius 1 is 1.11 bits per heavy atom. The molecule has 19 heavy (non-hydrogen) atoms. The summed E-state index contributed by atoms with van der Waals surface area (Å²) in [7, 11) is 0. The van der Waals surface area contributed by atoms with Crippen LogP contribution in [0.3, 0.4) is 0 Å². The second kappa shape index (κ2) is 4.83. The highest BCUT2D eigenvalue weighted by Crippen LogP contribution is 2.27. The third-order valence-electron chi connectivity index (χ3n) is 2.81. The van der Waals surface area contributed by atoms with Crippen LogP contribution in [0.25, 0.3) is 0 Å². The maximum Gasteiger partial charge on any atom is 0.146 e. The zero-order valence-electron chi connectivity index (χ0n) is 10.1. The van der Waals surface area contributed by atoms with E-state index < -0.39 is 0 Å². The van der Waals surface area contributed by atoms with Gasteiger partial charge in [-0.1, -0.05) is 24.3 Å². The van der Waals surface area contributed by atoms with Crippen molar-refractivity contribution in [3.05, 3.63) is 54.1 Å². The van der Waals surface area contributed by atoms with Gasteiger partial charge in [-0.05, 0) is 24.3 Å². The van der Waals surface area contributed by atoms with Crippen LogP contribution in [0.1, 0.15) is 5.56 Å². The molecule has 92 valence electrons. The Labute approximate surface area is 111 Å². The first-order chi connectivity index (χ1) is 9.36. The van der Waals surface area contributed by atoms with E-state index >= 15 is 0 Å². The minimum atomic E-state index is 0.372. The summed E-state index contributed by atoms with van der Waals surface area (Å²) < 4.78 is 5.61. The molecular weight excluding hydrogens is 238 g/mol. The average Bonchev–Trinajstić information content (AvgIpc) is 2.48. The van der Waals surface area contributed by atoms with E-state index in [9.17, 15) is 0 Å². The predicted octanol–water partition coefficient (Wildman–Crippen LogP) is 3.09. The number of nitrogens with zero attached hydrogens (tertiary/aromatic N) is 2. The molecule has 0 radical (unpaired) electrons. The number of fused-ring (bicyclic) bond motifs is 1. The summed E-state index contributed by atoms with van der Waals surface area (Å²) in [4.78, 5) is 4.45. The third kappa shape index (κ3) is 2.26. The quantitative estimate of drug-likeness (QED) is 0.844. The molecule has 0 saturated carbocycles. The van der Waals surface area contributed by atoms with Crippen molar-refractivity contribution in [1.29, 1.82) is 5.26 Å². The van der Waals surface area contributed by atoms with Gasteiger partial charge in [-0.2, -0.15) is 5.26 Å². The van der Waals surface area contributed by atoms with Crippen LogP contribution in [0.2, 0.25) is 0 Å². The minimum absolute atomic E-state index is 0.372. The lowest BCUT2D eigenvalue weighted by Crippen LogP contribution is -2.25. The summed E-state index contributed by atoms with van der Waals surface area (Å²) in [6.07, 6.45) is 0. The number of amidine groups is 1. The number of hydrogen-bond acceptors (Lipinski definition) is 3. The normalized spacial score (nSPS) is 15.0. The van der Waals surface area contributed by atoms with Gasteiger partial charge in [0.15, 0.2) is 0 Å². The van der Waals surface area contributed by atoms with Crippen LogP contribution in [-0.2, 0) is 0 Å². The Morgan fingerprint density at radius 2 is 1.89 bits per heavy atom. The number of rotatable bonds is 1. The van der Waals surface area contributed by atoms with E-state index in [1.54, 1.807) is 6.07 Å². The number of anilines is 1. The average molecular weight is 249 g/mol. The summed E-state index contributed by atoms with van der Waals surface area (Å²) in [6.45, 7) is 0.372. The molecule has 0 fully saturated rings. The van der Waals surface area contributed by atoms with E-state index in [0.29, 0.717) is 23.7 Å². The maximum absolute atomic E-state index is 9.03. The highest BCUT2D eigenvalue weighted by atomic mass is 16.5. The molecule has 0 unspecified atom stereocenters. The number of nitriles is 1. The molecule has 0 amide bonds. The molecular formula is C15H11N3O. The van der Waals surface area contributed by atoms with E-state index in [0.717, 1.165) is 11.4 Å². The number of hydrogen-bond donors (Lipinski definition) is 1. The minimum Gasteiger partial charge on any atom is -0.484 e. The Kier molecular flexibility index (Phi) is 2.87. The van der Waals surface area contributed by atoms with Crippen molar-refractivity contribution in [1.82, 2.24) is 0 Å². The second-order valence-electron chi connectivity index (χ2n) is 4.10. The van der Waals surface area contributed by atoms with Gasteiger partial charge in [-0.3, -0.25) is 0 Å². The van der Waals surface area contributed by atoms with Crippen LogP contribution >= 0.6 is 0 Å². The van der Waals surface area contributed by atoms with Gasteiger partial charge in [0.05, 0.1) is 16.9 Å². The zero-order valence-corrected chi connectivity index (χ0v) is 10.1. The fraction of sp³-hybridized carbons (Fsp3) is 0.0667. The van der Waals surface area contributed by atoms with Crippen molar-refractivity contribution in [3.63, 3.8) is 0 Å². The molecule has 1 aliphatic rings. The molecule has 0 atom stereocenters. The first-order valence-corrected chi connectivity index (χ1v) is 5.92. The zero-order chi connectivity index (χ0) is 13.1. The van der Waals surface area contributed by atoms with Crippen LogP contribution in [0.15, 0.2) is 53.5 Å². The van der Waals surface area contributed by atoms with Crippen molar-refractivity contribution in [2.24, 2.45) is 4.99 Å². The summed E-state index contributed by atoms with van der Waals surface area (Å²) in [5.41, 5.74) is 2.09. The number of ether oxygens (including phenoxy) is 1. The monoisotopic (exact) mass is 249 g/mol. The SMILES string of the molecule is N#Cc1ccccc1N=C1COc2ccccc2N1. The van der Waals surface area contributed by atoms with E-state index in [4.69, 9.17) is 10.00 Å². The molecule has 0 spiro atoms. The highest BCUT2D eigenvalue weighted by Gasteiger charge is 2.14. The maximum atomic E-state index is 9.03. The fourth-order valence-electron chi connectivity index (χ4n) is 1.90. The molecule has 4 heteroatoms. The lowest BCUT2D eigenvalue weighted by molar-refractivity contribution is 0.372. The molecule has 0 bridgehead atoms. The molecule has 3 rings (SSSR count). The summed E-state index contributed by atoms with van der Waals surface area (Å²) in [5.74, 6) is 1.51. The van der Waals surface area contributed by atoms with Gasteiger partial charge in [-0.15, -0.1) is 0 Å². The van der Waals surface area contributed by atoms with Gasteiger partial charge < -0.3 is 10.1 Å². The predicted molar refractivity (Wildman–Crippen MR) is 73.8 cm³/mol. The number of para-hydroxylation sites is 3. The Morgan fingerprint density at radius 3 is 2.79 bits per heavy atom. The van der Waals surface area contributed by atoms with E-state index in [2.05, 4.69) is 16.4 Å². The highest BCUT2D eigenvalue weighted by molar-refractivity contribution is 6.01. The first-order valence-electron chi connectivity index (χ1n) is 5.92. The molecule has 1 aliphatic heterocycles. The van der Waals surface area contributed by atoms with Gasteiger partial charge in [0.1, 0.15) is 24.3 Å². The standard InChI is InChI=1S/C15H11N3O/c16-9-11-5-1-2-6-12(11)17-15-10-19-14-8-4-3-7-13(14)18-15/h1-8H,10H2,(H,17,18). The number of benzene rings is 2. The largest absolute Gasteiger partial charge is 0.484 e. The molecule has 4 nitrogen and oxygen atoms in total. The Hall–Kier alpha value is -2.80. The summed E-state index contributed by atoms with van der Waals surface area (Å²) in [5, 5.41) is 12.2. The van der Waals surface area contributed by atoms with Crippen molar-refractivity contribution in [2.75, 3.05) is 11.9 Å². The van der Waals surface area contributed by atoms with E-state index in [1.807, 2.05) is 42.5 Å². The smallest absolute Gasteiger partial charge is 0.146 e. The Balaban J connectivity index is 1.93. The van der Waals surface area contributed by atoms with Crippen LogP contribution in [-0.4, -0.2) is 12.4 Å². The number of nitrogens with one attached hydrogen (secondary N) is 1. The molecule has 1 N–H and O–H groups in total. The molecule has 1 heterocycles. The van der Waals surface area contributed by atoms with Gasteiger partial charge >= 0.3 is 0 Å². The van der Waals surface area contributed by atoms with Crippen LogP contribution < -0.4 is 10.1 Å². The summed E-state index contributed by atoms with van der Waals surface area (Å²) in [6, 6.07) is 17.1. The number of aliphatic imine (C=N–C) groups is 1. The van der Waals surface area contributed by atoms with Gasteiger partial charge in [-0.25, -0.2) is 4.99 Å². The lowest BCUT2D eigenvalue weighted by atomic mass is 10.2. The fourth-order valence-corrected chi connectivity index (χ4v) is 1.90. The van der Waals surface area contributed by atoms with Crippen molar-refractivity contribution < 1.29 is 4.74 Å². The topological polar surface area (TPSA) is 57.4 Å². The van der Waals surface area contributed by atoms with E-state index in [-0.39, 0.29) is 0 Å². The van der Waals surface area contributed by atoms with Crippen LogP contribution in [0.4, 0.5) is 11.4 Å². The molecule has 0 aliphatic carbocycles. The van der Waals surface area contributed by atoms with Crippen molar-refractivity contribution in [2.45, 2.75) is 0 Å². The van der Waals surface area contributed by atoms with E-state index in [1.165, 1.54) is 0 Å².